The highest BCUT2D eigenvalue weighted by atomic mass is 32.2. The van der Waals surface area contributed by atoms with E-state index in [2.05, 4.69) is 15.5 Å². The number of thioether (sulfide) groups is 1. The van der Waals surface area contributed by atoms with Crippen molar-refractivity contribution < 1.29 is 22.3 Å². The van der Waals surface area contributed by atoms with E-state index < -0.39 is 15.0 Å². The van der Waals surface area contributed by atoms with Crippen molar-refractivity contribution in [2.24, 2.45) is 10.2 Å². The van der Waals surface area contributed by atoms with Crippen LogP contribution < -0.4 is 9.50 Å². The van der Waals surface area contributed by atoms with Gasteiger partial charge < -0.3 is 9.50 Å². The van der Waals surface area contributed by atoms with Crippen molar-refractivity contribution in [1.29, 1.82) is 0 Å². The van der Waals surface area contributed by atoms with Crippen molar-refractivity contribution in [1.82, 2.24) is 5.32 Å². The van der Waals surface area contributed by atoms with Crippen LogP contribution in [0, 0.1) is 24.0 Å². The second kappa shape index (κ2) is 10.1. The number of aryl methyl sites for hydroxylation is 2. The van der Waals surface area contributed by atoms with Gasteiger partial charge in [0.2, 0.25) is 5.91 Å². The van der Waals surface area contributed by atoms with Crippen LogP contribution in [0.2, 0.25) is 0 Å². The number of hydrogen-bond acceptors (Lipinski definition) is 9. The van der Waals surface area contributed by atoms with Crippen molar-refractivity contribution in [3.63, 3.8) is 0 Å². The molecule has 0 bridgehead atoms. The van der Waals surface area contributed by atoms with Crippen molar-refractivity contribution in [3.8, 4) is 5.75 Å². The highest BCUT2D eigenvalue weighted by Crippen LogP contribution is 2.27. The molecule has 1 aliphatic rings. The molecule has 1 unspecified atom stereocenters. The zero-order chi connectivity index (χ0) is 24.2. The van der Waals surface area contributed by atoms with E-state index in [1.165, 1.54) is 43.1 Å². The Labute approximate surface area is 195 Å². The first-order valence-corrected chi connectivity index (χ1v) is 12.3. The van der Waals surface area contributed by atoms with E-state index >= 15 is 0 Å². The van der Waals surface area contributed by atoms with Crippen molar-refractivity contribution in [2.45, 2.75) is 43.8 Å². The number of nitro groups is 1. The number of nitrogens with zero attached hydrogens (tertiary/aromatic N) is 3. The first-order chi connectivity index (χ1) is 15.6. The Bertz CT molecular complexity index is 1260. The molecule has 0 saturated carbocycles. The van der Waals surface area contributed by atoms with Crippen LogP contribution in [0.4, 0.5) is 5.69 Å². The minimum atomic E-state index is -4.35. The maximum Gasteiger partial charge on any atom is 0.339 e. The lowest BCUT2D eigenvalue weighted by Crippen LogP contribution is -2.24. The highest BCUT2D eigenvalue weighted by Gasteiger charge is 2.29. The van der Waals surface area contributed by atoms with Crippen LogP contribution in [0.15, 0.2) is 51.5 Å². The molecule has 1 saturated heterocycles. The number of amides is 1. The summed E-state index contributed by atoms with van der Waals surface area (Å²) in [6.07, 6.45) is 2.91. The third-order valence-electron chi connectivity index (χ3n) is 4.70. The summed E-state index contributed by atoms with van der Waals surface area (Å²) >= 11 is 1.29. The molecule has 2 aromatic rings. The topological polar surface area (TPSA) is 140 Å². The van der Waals surface area contributed by atoms with Gasteiger partial charge in [-0.1, -0.05) is 42.8 Å². The molecule has 0 spiro atoms. The Hall–Kier alpha value is -3.25. The average molecular weight is 491 g/mol. The van der Waals surface area contributed by atoms with E-state index in [-0.39, 0.29) is 27.5 Å². The Kier molecular flexibility index (Phi) is 7.49. The molecule has 1 atom stereocenters. The number of carbonyl (C=O) groups excluding carboxylic acids is 1. The minimum absolute atomic E-state index is 0.0141. The fourth-order valence-corrected chi connectivity index (χ4v) is 5.02. The van der Waals surface area contributed by atoms with Crippen molar-refractivity contribution in [3.05, 3.63) is 63.2 Å². The fraction of sp³-hybridized carbons (Fsp3) is 0.286. The summed E-state index contributed by atoms with van der Waals surface area (Å²) in [6.45, 7) is 5.32. The van der Waals surface area contributed by atoms with Crippen LogP contribution >= 0.6 is 11.8 Å². The average Bonchev–Trinajstić information content (AvgIpc) is 3.09. The maximum atomic E-state index is 12.8. The second-order valence-electron chi connectivity index (χ2n) is 7.32. The van der Waals surface area contributed by atoms with Gasteiger partial charge in [-0.2, -0.15) is 13.5 Å². The molecule has 3 rings (SSSR count). The number of rotatable bonds is 8. The molecular formula is C21H22N4O6S2. The predicted octanol–water partition coefficient (Wildman–Crippen LogP) is 3.70. The largest absolute Gasteiger partial charge is 0.378 e. The second-order valence-corrected chi connectivity index (χ2v) is 10.1. The smallest absolute Gasteiger partial charge is 0.339 e. The normalized spacial score (nSPS) is 17.5. The van der Waals surface area contributed by atoms with Crippen LogP contribution in [-0.2, 0) is 14.9 Å². The molecule has 1 fully saturated rings. The minimum Gasteiger partial charge on any atom is -0.378 e. The van der Waals surface area contributed by atoms with E-state index in [0.717, 1.165) is 24.5 Å². The van der Waals surface area contributed by atoms with Gasteiger partial charge in [0.05, 0.1) is 16.4 Å². The molecule has 1 N–H and O–H groups in total. The highest BCUT2D eigenvalue weighted by molar-refractivity contribution is 8.15. The summed E-state index contributed by atoms with van der Waals surface area (Å²) in [5.74, 6) is -0.131. The zero-order valence-electron chi connectivity index (χ0n) is 18.1. The summed E-state index contributed by atoms with van der Waals surface area (Å²) in [5.41, 5.74) is 1.17. The molecule has 33 heavy (non-hydrogen) atoms. The zero-order valence-corrected chi connectivity index (χ0v) is 19.8. The molecule has 0 aromatic heterocycles. The van der Waals surface area contributed by atoms with Crippen molar-refractivity contribution >= 4 is 44.9 Å². The number of amidine groups is 1. The first-order valence-electron chi connectivity index (χ1n) is 9.99. The van der Waals surface area contributed by atoms with Gasteiger partial charge in [0.15, 0.2) is 10.9 Å². The van der Waals surface area contributed by atoms with Crippen LogP contribution in [-0.4, -0.2) is 35.9 Å². The third kappa shape index (κ3) is 5.96. The summed E-state index contributed by atoms with van der Waals surface area (Å²) in [4.78, 5) is 22.1. The van der Waals surface area contributed by atoms with Gasteiger partial charge >= 0.3 is 10.1 Å². The van der Waals surface area contributed by atoms with Crippen molar-refractivity contribution in [2.75, 3.05) is 0 Å². The molecule has 174 valence electrons. The molecule has 1 amide bonds. The van der Waals surface area contributed by atoms with Crippen LogP contribution in [0.5, 0.6) is 5.75 Å². The Balaban J connectivity index is 1.85. The van der Waals surface area contributed by atoms with Gasteiger partial charge in [-0.3, -0.25) is 14.9 Å². The van der Waals surface area contributed by atoms with Crippen LogP contribution in [0.25, 0.3) is 0 Å². The Morgan fingerprint density at radius 1 is 1.24 bits per heavy atom. The lowest BCUT2D eigenvalue weighted by molar-refractivity contribution is -0.385. The van der Waals surface area contributed by atoms with E-state index in [1.807, 2.05) is 13.8 Å². The summed E-state index contributed by atoms with van der Waals surface area (Å²) in [6, 6.07) is 8.35. The van der Waals surface area contributed by atoms with E-state index in [9.17, 15) is 23.3 Å². The van der Waals surface area contributed by atoms with Gasteiger partial charge in [-0.25, -0.2) is 0 Å². The molecular weight excluding hydrogens is 468 g/mol. The molecule has 10 nitrogen and oxygen atoms in total. The van der Waals surface area contributed by atoms with Gasteiger partial charge in [-0.15, -0.1) is 5.10 Å². The number of hydrogen-bond donors (Lipinski definition) is 1. The van der Waals surface area contributed by atoms with Gasteiger partial charge in [0.25, 0.3) is 5.69 Å². The SMILES string of the molecule is CCCC1SC(=NN=Cc2cc(C)ccc2OS(=O)(=O)c2ccc(C)c([N+](=O)[O-])c2)NC1=O. The maximum absolute atomic E-state index is 12.8. The van der Waals surface area contributed by atoms with E-state index in [1.54, 1.807) is 12.1 Å². The molecule has 12 heteroatoms. The van der Waals surface area contributed by atoms with Gasteiger partial charge in [0, 0.05) is 17.2 Å². The first kappa shape index (κ1) is 24.4. The lowest BCUT2D eigenvalue weighted by atomic mass is 10.1. The fourth-order valence-electron chi connectivity index (χ4n) is 3.00. The number of nitro benzene ring substituents is 1. The number of nitrogens with one attached hydrogen (secondary N) is 1. The van der Waals surface area contributed by atoms with Crippen LogP contribution in [0.1, 0.15) is 36.5 Å². The number of benzene rings is 2. The molecule has 0 aliphatic carbocycles. The van der Waals surface area contributed by atoms with Crippen LogP contribution in [0.3, 0.4) is 0 Å². The molecule has 0 radical (unpaired) electrons. The Morgan fingerprint density at radius 2 is 2.00 bits per heavy atom. The van der Waals surface area contributed by atoms with E-state index in [4.69, 9.17) is 4.18 Å². The quantitative estimate of drug-likeness (QED) is 0.257. The monoisotopic (exact) mass is 490 g/mol. The molecule has 1 heterocycles. The predicted molar refractivity (Wildman–Crippen MR) is 126 cm³/mol. The Morgan fingerprint density at radius 3 is 2.70 bits per heavy atom. The number of carbonyl (C=O) groups is 1. The molecule has 1 aliphatic heterocycles. The third-order valence-corrected chi connectivity index (χ3v) is 7.07. The summed E-state index contributed by atoms with van der Waals surface area (Å²) < 4.78 is 30.8. The summed E-state index contributed by atoms with van der Waals surface area (Å²) in [7, 11) is -4.35. The molecule has 2 aromatic carbocycles. The van der Waals surface area contributed by atoms with Gasteiger partial charge in [-0.05, 0) is 38.5 Å². The van der Waals surface area contributed by atoms with Gasteiger partial charge in [0.1, 0.15) is 4.90 Å². The lowest BCUT2D eigenvalue weighted by Gasteiger charge is -2.10. The summed E-state index contributed by atoms with van der Waals surface area (Å²) in [5, 5.41) is 22.0. The standard InChI is InChI=1S/C21H22N4O6S2/c1-4-5-19-20(26)23-21(32-19)24-22-12-15-10-13(2)6-9-18(15)31-33(29,30)16-8-7-14(3)17(11-16)25(27)28/h6-12,19H,4-5H2,1-3H3,(H,23,24,26). The van der Waals surface area contributed by atoms with E-state index in [0.29, 0.717) is 16.3 Å².